The van der Waals surface area contributed by atoms with Crippen LogP contribution >= 0.6 is 0 Å². The fraction of sp³-hybridized carbons (Fsp3) is 0.462. The van der Waals surface area contributed by atoms with E-state index in [4.69, 9.17) is 4.74 Å². The molecule has 18 heavy (non-hydrogen) atoms. The molecule has 1 saturated heterocycles. The second-order valence-corrected chi connectivity index (χ2v) is 4.40. The van der Waals surface area contributed by atoms with E-state index < -0.39 is 11.7 Å². The zero-order valence-electron chi connectivity index (χ0n) is 9.67. The number of hydrogen-bond donors (Lipinski definition) is 0. The van der Waals surface area contributed by atoms with Gasteiger partial charge in [-0.2, -0.15) is 13.2 Å². The summed E-state index contributed by atoms with van der Waals surface area (Å²) in [6, 6.07) is 4.92. The number of alkyl halides is 3. The Kier molecular flexibility index (Phi) is 3.71. The second kappa shape index (κ2) is 5.10. The van der Waals surface area contributed by atoms with Crippen molar-refractivity contribution < 1.29 is 22.7 Å². The van der Waals surface area contributed by atoms with E-state index in [0.717, 1.165) is 12.1 Å². The summed E-state index contributed by atoms with van der Waals surface area (Å²) in [7, 11) is 0. The van der Waals surface area contributed by atoms with Crippen LogP contribution in [-0.4, -0.2) is 19.0 Å². The first-order chi connectivity index (χ1) is 8.47. The normalized spacial score (nSPS) is 20.1. The van der Waals surface area contributed by atoms with E-state index in [1.165, 1.54) is 6.07 Å². The topological polar surface area (TPSA) is 26.3 Å². The number of halogens is 3. The van der Waals surface area contributed by atoms with Gasteiger partial charge in [0.05, 0.1) is 12.2 Å². The molecule has 1 unspecified atom stereocenters. The van der Waals surface area contributed by atoms with Crippen molar-refractivity contribution in [2.45, 2.75) is 19.0 Å². The van der Waals surface area contributed by atoms with Crippen LogP contribution in [0.25, 0.3) is 0 Å². The van der Waals surface area contributed by atoms with E-state index in [0.29, 0.717) is 25.2 Å². The van der Waals surface area contributed by atoms with Crippen molar-refractivity contribution in [1.29, 1.82) is 0 Å². The van der Waals surface area contributed by atoms with Gasteiger partial charge in [-0.1, -0.05) is 18.2 Å². The second-order valence-electron chi connectivity index (χ2n) is 4.40. The lowest BCUT2D eigenvalue weighted by Crippen LogP contribution is -2.17. The third-order valence-corrected chi connectivity index (χ3v) is 3.02. The Balaban J connectivity index is 2.07. The first-order valence-corrected chi connectivity index (χ1v) is 5.73. The molecule has 98 valence electrons. The summed E-state index contributed by atoms with van der Waals surface area (Å²) in [5, 5.41) is 0. The van der Waals surface area contributed by atoms with Crippen LogP contribution < -0.4 is 0 Å². The highest BCUT2D eigenvalue weighted by molar-refractivity contribution is 5.83. The molecule has 1 atom stereocenters. The Morgan fingerprint density at radius 1 is 1.39 bits per heavy atom. The zero-order chi connectivity index (χ0) is 13.2. The van der Waals surface area contributed by atoms with Crippen LogP contribution in [0.15, 0.2) is 24.3 Å². The maximum atomic E-state index is 12.5. The Morgan fingerprint density at radius 2 is 2.17 bits per heavy atom. The molecule has 0 bridgehead atoms. The summed E-state index contributed by atoms with van der Waals surface area (Å²) in [5.74, 6) is -0.216. The van der Waals surface area contributed by atoms with E-state index in [1.807, 2.05) is 0 Å². The third kappa shape index (κ3) is 3.10. The number of rotatable bonds is 3. The van der Waals surface area contributed by atoms with Crippen molar-refractivity contribution >= 4 is 5.78 Å². The summed E-state index contributed by atoms with van der Waals surface area (Å²) < 4.78 is 42.6. The maximum Gasteiger partial charge on any atom is 0.416 e. The molecule has 1 fully saturated rings. The molecule has 0 amide bonds. The fourth-order valence-corrected chi connectivity index (χ4v) is 1.99. The number of ether oxygens (including phenoxy) is 1. The molecule has 1 aliphatic rings. The van der Waals surface area contributed by atoms with Gasteiger partial charge in [-0.05, 0) is 18.1 Å². The summed E-state index contributed by atoms with van der Waals surface area (Å²) in [4.78, 5) is 11.8. The molecule has 1 heterocycles. The van der Waals surface area contributed by atoms with Gasteiger partial charge >= 0.3 is 6.18 Å². The average Bonchev–Trinajstić information content (AvgIpc) is 2.81. The number of Topliss-reactive ketones (excluding diaryl/α,β-unsaturated/α-hetero) is 1. The molecule has 1 aromatic carbocycles. The quantitative estimate of drug-likeness (QED) is 0.833. The molecular formula is C13H13F3O2. The molecule has 5 heteroatoms. The molecule has 0 aliphatic carbocycles. The van der Waals surface area contributed by atoms with Crippen LogP contribution in [-0.2, 0) is 22.1 Å². The molecule has 0 N–H and O–H groups in total. The minimum atomic E-state index is -4.37. The highest BCUT2D eigenvalue weighted by Crippen LogP contribution is 2.29. The molecule has 2 rings (SSSR count). The van der Waals surface area contributed by atoms with Gasteiger partial charge in [-0.3, -0.25) is 4.79 Å². The highest BCUT2D eigenvalue weighted by Gasteiger charge is 2.31. The Bertz CT molecular complexity index is 434. The van der Waals surface area contributed by atoms with Crippen LogP contribution in [0.1, 0.15) is 17.5 Å². The fourth-order valence-electron chi connectivity index (χ4n) is 1.99. The first kappa shape index (κ1) is 13.1. The Hall–Kier alpha value is -1.36. The van der Waals surface area contributed by atoms with E-state index in [1.54, 1.807) is 6.07 Å². The monoisotopic (exact) mass is 258 g/mol. The number of carbonyl (C=O) groups excluding carboxylic acids is 1. The van der Waals surface area contributed by atoms with Gasteiger partial charge in [0.25, 0.3) is 0 Å². The number of hydrogen-bond acceptors (Lipinski definition) is 2. The Labute approximate surface area is 103 Å². The Morgan fingerprint density at radius 3 is 2.78 bits per heavy atom. The van der Waals surface area contributed by atoms with Crippen molar-refractivity contribution in [1.82, 2.24) is 0 Å². The third-order valence-electron chi connectivity index (χ3n) is 3.02. The predicted octanol–water partition coefficient (Wildman–Crippen LogP) is 2.85. The van der Waals surface area contributed by atoms with Crippen molar-refractivity contribution in [2.75, 3.05) is 13.2 Å². The van der Waals surface area contributed by atoms with Gasteiger partial charge in [0, 0.05) is 18.9 Å². The van der Waals surface area contributed by atoms with E-state index in [2.05, 4.69) is 0 Å². The molecule has 0 spiro atoms. The van der Waals surface area contributed by atoms with Crippen LogP contribution in [0.3, 0.4) is 0 Å². The first-order valence-electron chi connectivity index (χ1n) is 5.73. The average molecular weight is 258 g/mol. The summed E-state index contributed by atoms with van der Waals surface area (Å²) in [6.45, 7) is 0.941. The van der Waals surface area contributed by atoms with Crippen LogP contribution in [0.4, 0.5) is 13.2 Å². The van der Waals surface area contributed by atoms with Crippen LogP contribution in [0.5, 0.6) is 0 Å². The highest BCUT2D eigenvalue weighted by atomic mass is 19.4. The predicted molar refractivity (Wildman–Crippen MR) is 59.1 cm³/mol. The lowest BCUT2D eigenvalue weighted by molar-refractivity contribution is -0.137. The number of carbonyl (C=O) groups is 1. The zero-order valence-corrected chi connectivity index (χ0v) is 9.67. The van der Waals surface area contributed by atoms with Gasteiger partial charge in [0.2, 0.25) is 0 Å². The molecule has 0 radical (unpaired) electrons. The van der Waals surface area contributed by atoms with Gasteiger partial charge in [-0.25, -0.2) is 0 Å². The molecule has 1 aromatic rings. The van der Waals surface area contributed by atoms with Gasteiger partial charge in [0.15, 0.2) is 0 Å². The summed E-state index contributed by atoms with van der Waals surface area (Å²) in [5.41, 5.74) is -0.308. The molecule has 0 aromatic heterocycles. The minimum Gasteiger partial charge on any atom is -0.381 e. The smallest absolute Gasteiger partial charge is 0.381 e. The number of ketones is 1. The molecular weight excluding hydrogens is 245 g/mol. The van der Waals surface area contributed by atoms with Crippen molar-refractivity contribution in [3.05, 3.63) is 35.4 Å². The number of benzene rings is 1. The molecule has 2 nitrogen and oxygen atoms in total. The minimum absolute atomic E-state index is 0.0396. The molecule has 0 saturated carbocycles. The van der Waals surface area contributed by atoms with E-state index in [-0.39, 0.29) is 18.1 Å². The van der Waals surface area contributed by atoms with Crippen molar-refractivity contribution in [3.63, 3.8) is 0 Å². The summed E-state index contributed by atoms with van der Waals surface area (Å²) >= 11 is 0. The van der Waals surface area contributed by atoms with Crippen molar-refractivity contribution in [2.24, 2.45) is 5.92 Å². The van der Waals surface area contributed by atoms with Gasteiger partial charge < -0.3 is 4.74 Å². The van der Waals surface area contributed by atoms with E-state index in [9.17, 15) is 18.0 Å². The lowest BCUT2D eigenvalue weighted by atomic mass is 9.96. The molecule has 1 aliphatic heterocycles. The van der Waals surface area contributed by atoms with Crippen LogP contribution in [0, 0.1) is 5.92 Å². The lowest BCUT2D eigenvalue weighted by Gasteiger charge is -2.10. The van der Waals surface area contributed by atoms with Crippen LogP contribution in [0.2, 0.25) is 0 Å². The maximum absolute atomic E-state index is 12.5. The van der Waals surface area contributed by atoms with Crippen molar-refractivity contribution in [3.8, 4) is 0 Å². The largest absolute Gasteiger partial charge is 0.416 e. The standard InChI is InChI=1S/C13H13F3O2/c14-13(15,16)11-3-1-2-9(6-11)7-12(17)10-4-5-18-8-10/h1-3,6,10H,4-5,7-8H2. The summed E-state index contributed by atoms with van der Waals surface area (Å²) in [6.07, 6.45) is -3.66. The van der Waals surface area contributed by atoms with Gasteiger partial charge in [0.1, 0.15) is 5.78 Å². The van der Waals surface area contributed by atoms with E-state index >= 15 is 0 Å². The SMILES string of the molecule is O=C(Cc1cccc(C(F)(F)F)c1)C1CCOC1. The van der Waals surface area contributed by atoms with Gasteiger partial charge in [-0.15, -0.1) is 0 Å².